The van der Waals surface area contributed by atoms with Gasteiger partial charge in [-0.3, -0.25) is 4.57 Å². The van der Waals surface area contributed by atoms with Crippen LogP contribution in [0.5, 0.6) is 0 Å². The van der Waals surface area contributed by atoms with Gasteiger partial charge in [0.25, 0.3) is 0 Å². The number of aromatic nitrogens is 3. The molecule has 0 saturated carbocycles. The first-order valence-corrected chi connectivity index (χ1v) is 6.57. The van der Waals surface area contributed by atoms with Gasteiger partial charge in [-0.2, -0.15) is 0 Å². The molecule has 4 rings (SSSR count). The van der Waals surface area contributed by atoms with Crippen LogP contribution in [0, 0.1) is 0 Å². The summed E-state index contributed by atoms with van der Waals surface area (Å²) in [6.45, 7) is 1.02. The fourth-order valence-corrected chi connectivity index (χ4v) is 3.35. The topological polar surface area (TPSA) is 34.0 Å². The number of para-hydroxylation sites is 1. The van der Waals surface area contributed by atoms with Gasteiger partial charge < -0.3 is 4.90 Å². The third-order valence-corrected chi connectivity index (χ3v) is 4.23. The molecule has 5 heteroatoms. The quantitative estimate of drug-likeness (QED) is 0.676. The standard InChI is InChI=1S/C13H12N4S/c18-13-9-4-1-2-5-10(9)17-8-14-15-12(17)11-6-3-7-16(11)13/h1-2,4-5,8,11H,3,6-7H2/t11-/m0/s1. The molecule has 1 fully saturated rings. The molecule has 0 radical (unpaired) electrons. The Morgan fingerprint density at radius 2 is 2.17 bits per heavy atom. The SMILES string of the molecule is S=C1c2ccccc2-n2cnnc2[C@@H]2CCCN12. The van der Waals surface area contributed by atoms with Crippen LogP contribution in [0.4, 0.5) is 0 Å². The van der Waals surface area contributed by atoms with Crippen molar-refractivity contribution in [3.8, 4) is 5.69 Å². The highest BCUT2D eigenvalue weighted by Crippen LogP contribution is 2.37. The van der Waals surface area contributed by atoms with Gasteiger partial charge >= 0.3 is 0 Å². The van der Waals surface area contributed by atoms with Gasteiger partial charge in [0, 0.05) is 12.1 Å². The lowest BCUT2D eigenvalue weighted by molar-refractivity contribution is 0.391. The zero-order valence-electron chi connectivity index (χ0n) is 9.78. The summed E-state index contributed by atoms with van der Waals surface area (Å²) >= 11 is 5.66. The molecule has 0 bridgehead atoms. The Hall–Kier alpha value is -1.75. The molecule has 0 N–H and O–H groups in total. The fourth-order valence-electron chi connectivity index (χ4n) is 2.95. The Morgan fingerprint density at radius 1 is 1.28 bits per heavy atom. The minimum atomic E-state index is 0.285. The molecule has 2 aromatic rings. The van der Waals surface area contributed by atoms with Gasteiger partial charge in [-0.1, -0.05) is 24.4 Å². The largest absolute Gasteiger partial charge is 0.352 e. The van der Waals surface area contributed by atoms with Crippen molar-refractivity contribution < 1.29 is 0 Å². The molecule has 0 unspecified atom stereocenters. The number of rotatable bonds is 0. The highest BCUT2D eigenvalue weighted by Gasteiger charge is 2.35. The lowest BCUT2D eigenvalue weighted by Crippen LogP contribution is -2.28. The van der Waals surface area contributed by atoms with Crippen LogP contribution in [0.25, 0.3) is 5.69 Å². The summed E-state index contributed by atoms with van der Waals surface area (Å²) in [6, 6.07) is 8.51. The summed E-state index contributed by atoms with van der Waals surface area (Å²) in [6.07, 6.45) is 4.06. The molecule has 1 aromatic heterocycles. The van der Waals surface area contributed by atoms with Crippen LogP contribution in [-0.4, -0.2) is 31.2 Å². The van der Waals surface area contributed by atoms with Gasteiger partial charge in [0.15, 0.2) is 5.82 Å². The summed E-state index contributed by atoms with van der Waals surface area (Å²) in [7, 11) is 0. The third-order valence-electron chi connectivity index (χ3n) is 3.78. The molecule has 1 atom stereocenters. The maximum atomic E-state index is 5.66. The van der Waals surface area contributed by atoms with Crippen LogP contribution < -0.4 is 0 Å². The van der Waals surface area contributed by atoms with Gasteiger partial charge in [0.1, 0.15) is 11.3 Å². The smallest absolute Gasteiger partial charge is 0.160 e. The van der Waals surface area contributed by atoms with Crippen molar-refractivity contribution in [3.63, 3.8) is 0 Å². The monoisotopic (exact) mass is 256 g/mol. The maximum Gasteiger partial charge on any atom is 0.160 e. The molecule has 90 valence electrons. The summed E-state index contributed by atoms with van der Waals surface area (Å²) in [4.78, 5) is 3.24. The molecule has 1 aromatic carbocycles. The lowest BCUT2D eigenvalue weighted by atomic mass is 10.1. The summed E-state index contributed by atoms with van der Waals surface area (Å²) < 4.78 is 2.08. The van der Waals surface area contributed by atoms with Crippen LogP contribution in [0.3, 0.4) is 0 Å². The molecular weight excluding hydrogens is 244 g/mol. The maximum absolute atomic E-state index is 5.66. The Labute approximate surface area is 110 Å². The predicted octanol–water partition coefficient (Wildman–Crippen LogP) is 2.09. The van der Waals surface area contributed by atoms with E-state index in [0.717, 1.165) is 35.0 Å². The summed E-state index contributed by atoms with van der Waals surface area (Å²) in [5.41, 5.74) is 2.20. The van der Waals surface area contributed by atoms with Gasteiger partial charge in [-0.25, -0.2) is 0 Å². The van der Waals surface area contributed by atoms with E-state index in [4.69, 9.17) is 12.2 Å². The van der Waals surface area contributed by atoms with Crippen molar-refractivity contribution in [1.29, 1.82) is 0 Å². The Kier molecular flexibility index (Phi) is 2.05. The Morgan fingerprint density at radius 3 is 3.11 bits per heavy atom. The summed E-state index contributed by atoms with van der Waals surface area (Å²) in [5, 5.41) is 8.38. The zero-order valence-corrected chi connectivity index (χ0v) is 10.6. The molecular formula is C13H12N4S. The Bertz CT molecular complexity index is 633. The minimum absolute atomic E-state index is 0.285. The molecule has 3 heterocycles. The number of hydrogen-bond acceptors (Lipinski definition) is 3. The molecule has 4 nitrogen and oxygen atoms in total. The van der Waals surface area contributed by atoms with E-state index in [-0.39, 0.29) is 6.04 Å². The first kappa shape index (κ1) is 10.2. The zero-order chi connectivity index (χ0) is 12.1. The minimum Gasteiger partial charge on any atom is -0.352 e. The second-order valence-electron chi connectivity index (χ2n) is 4.73. The van der Waals surface area contributed by atoms with Gasteiger partial charge in [0.05, 0.1) is 11.7 Å². The van der Waals surface area contributed by atoms with E-state index in [1.807, 2.05) is 12.1 Å². The van der Waals surface area contributed by atoms with Gasteiger partial charge in [0.2, 0.25) is 0 Å². The predicted molar refractivity (Wildman–Crippen MR) is 71.7 cm³/mol. The van der Waals surface area contributed by atoms with Crippen molar-refractivity contribution in [3.05, 3.63) is 42.0 Å². The van der Waals surface area contributed by atoms with Crippen LogP contribution in [0.2, 0.25) is 0 Å². The van der Waals surface area contributed by atoms with Crippen molar-refractivity contribution in [2.45, 2.75) is 18.9 Å². The van der Waals surface area contributed by atoms with E-state index in [1.165, 1.54) is 6.42 Å². The van der Waals surface area contributed by atoms with Gasteiger partial charge in [-0.05, 0) is 25.0 Å². The summed E-state index contributed by atoms with van der Waals surface area (Å²) in [5.74, 6) is 1.01. The molecule has 0 amide bonds. The van der Waals surface area contributed by atoms with Crippen LogP contribution in [0.1, 0.15) is 30.3 Å². The second kappa shape index (κ2) is 3.62. The van der Waals surface area contributed by atoms with Gasteiger partial charge in [-0.15, -0.1) is 10.2 Å². The average Bonchev–Trinajstić information content (AvgIpc) is 3.04. The van der Waals surface area contributed by atoms with E-state index in [2.05, 4.69) is 31.8 Å². The van der Waals surface area contributed by atoms with E-state index in [1.54, 1.807) is 6.33 Å². The first-order chi connectivity index (χ1) is 8.86. The number of fused-ring (bicyclic) bond motifs is 5. The highest BCUT2D eigenvalue weighted by atomic mass is 32.1. The van der Waals surface area contributed by atoms with Crippen LogP contribution >= 0.6 is 12.2 Å². The highest BCUT2D eigenvalue weighted by molar-refractivity contribution is 7.80. The average molecular weight is 256 g/mol. The van der Waals surface area contributed by atoms with Crippen molar-refractivity contribution in [2.24, 2.45) is 0 Å². The Balaban J connectivity index is 2.04. The van der Waals surface area contributed by atoms with Crippen molar-refractivity contribution >= 4 is 17.2 Å². The number of hydrogen-bond donors (Lipinski definition) is 0. The van der Waals surface area contributed by atoms with Crippen LogP contribution in [-0.2, 0) is 0 Å². The van der Waals surface area contributed by atoms with Crippen molar-refractivity contribution in [2.75, 3.05) is 6.54 Å². The molecule has 18 heavy (non-hydrogen) atoms. The fraction of sp³-hybridized carbons (Fsp3) is 0.308. The number of thiocarbonyl (C=S) groups is 1. The molecule has 2 aliphatic rings. The molecule has 0 aliphatic carbocycles. The van der Waals surface area contributed by atoms with E-state index >= 15 is 0 Å². The second-order valence-corrected chi connectivity index (χ2v) is 5.12. The molecule has 1 saturated heterocycles. The van der Waals surface area contributed by atoms with E-state index in [9.17, 15) is 0 Å². The van der Waals surface area contributed by atoms with E-state index < -0.39 is 0 Å². The normalized spacial score (nSPS) is 21.2. The first-order valence-electron chi connectivity index (χ1n) is 6.16. The lowest BCUT2D eigenvalue weighted by Gasteiger charge is -2.23. The van der Waals surface area contributed by atoms with Crippen molar-refractivity contribution in [1.82, 2.24) is 19.7 Å². The third kappa shape index (κ3) is 1.22. The molecule has 0 spiro atoms. The van der Waals surface area contributed by atoms with Crippen LogP contribution in [0.15, 0.2) is 30.6 Å². The number of benzene rings is 1. The molecule has 2 aliphatic heterocycles. The number of nitrogens with zero attached hydrogens (tertiary/aromatic N) is 4. The van der Waals surface area contributed by atoms with E-state index in [0.29, 0.717) is 0 Å².